The monoisotopic (exact) mass is 897 g/mol. The van der Waals surface area contributed by atoms with E-state index in [0.29, 0.717) is 59.4 Å². The number of benzene rings is 4. The Balaban J connectivity index is 0.000000414. The van der Waals surface area contributed by atoms with E-state index in [1.165, 1.54) is 5.01 Å². The number of nitrogens with two attached hydrogens (primary N) is 1. The highest BCUT2D eigenvalue weighted by Gasteiger charge is 2.35. The summed E-state index contributed by atoms with van der Waals surface area (Å²) in [7, 11) is 3.11. The third-order valence-corrected chi connectivity index (χ3v) is 9.88. The van der Waals surface area contributed by atoms with Crippen LogP contribution in [0.5, 0.6) is 11.5 Å². The van der Waals surface area contributed by atoms with Crippen LogP contribution in [0.3, 0.4) is 0 Å². The van der Waals surface area contributed by atoms with Gasteiger partial charge >= 0.3 is 0 Å². The van der Waals surface area contributed by atoms with E-state index in [-0.39, 0.29) is 25.7 Å². The summed E-state index contributed by atoms with van der Waals surface area (Å²) >= 11 is 0. The number of aldehydes is 1. The van der Waals surface area contributed by atoms with E-state index in [1.54, 1.807) is 109 Å². The summed E-state index contributed by atoms with van der Waals surface area (Å²) < 4.78 is 10.7. The van der Waals surface area contributed by atoms with Gasteiger partial charge < -0.3 is 30.2 Å². The molecule has 0 fully saturated rings. The number of aliphatic imine (C=N–C) groups is 1. The second-order valence-electron chi connectivity index (χ2n) is 16.3. The molecule has 0 aliphatic rings. The summed E-state index contributed by atoms with van der Waals surface area (Å²) in [6.45, 7) is 18.8. The van der Waals surface area contributed by atoms with Crippen LogP contribution >= 0.6 is 0 Å². The summed E-state index contributed by atoms with van der Waals surface area (Å²) in [6, 6.07) is 21.4. The predicted molar refractivity (Wildman–Crippen MR) is 255 cm³/mol. The molecule has 4 rings (SSSR count). The highest BCUT2D eigenvalue weighted by Crippen LogP contribution is 2.26. The van der Waals surface area contributed by atoms with Crippen LogP contribution < -0.4 is 26.1 Å². The molecule has 15 heteroatoms. The molecular weight excluding hydrogens is 829 g/mol. The third kappa shape index (κ3) is 15.4. The first kappa shape index (κ1) is 54.7. The Labute approximate surface area is 384 Å². The topological polar surface area (TPSA) is 213 Å². The highest BCUT2D eigenvalue weighted by atomic mass is 16.5. The lowest BCUT2D eigenvalue weighted by Crippen LogP contribution is -2.58. The number of aliphatic hydroxyl groups is 2. The minimum absolute atomic E-state index is 0.0972. The lowest BCUT2D eigenvalue weighted by atomic mass is 10.0. The summed E-state index contributed by atoms with van der Waals surface area (Å²) in [5, 5.41) is 19.2. The first-order valence-electron chi connectivity index (χ1n) is 21.4. The lowest BCUT2D eigenvalue weighted by molar-refractivity contribution is -0.116. The largest absolute Gasteiger partial charge is 0.496 e. The van der Waals surface area contributed by atoms with Gasteiger partial charge in [-0.15, -0.1) is 0 Å². The maximum Gasteiger partial charge on any atom is 0.273 e. The zero-order chi connectivity index (χ0) is 49.1. The van der Waals surface area contributed by atoms with E-state index in [1.807, 2.05) is 53.7 Å². The van der Waals surface area contributed by atoms with Gasteiger partial charge in [-0.1, -0.05) is 60.4 Å². The fraction of sp³-hybridized carbons (Fsp3) is 0.400. The van der Waals surface area contributed by atoms with Crippen LogP contribution in [-0.4, -0.2) is 108 Å². The quantitative estimate of drug-likeness (QED) is 0.0527. The summed E-state index contributed by atoms with van der Waals surface area (Å²) in [4.78, 5) is 69.0. The highest BCUT2D eigenvalue weighted by molar-refractivity contribution is 6.03. The smallest absolute Gasteiger partial charge is 0.273 e. The number of hydrogen-bond acceptors (Lipinski definition) is 11. The molecule has 0 atom stereocenters. The molecule has 0 aliphatic heterocycles. The Morgan fingerprint density at radius 3 is 1.34 bits per heavy atom. The molecule has 15 nitrogen and oxygen atoms in total. The SMILES string of the molecule is CCc1c(OC)cccc1C(=O)NN(C(=O)c1cc(C)cc(C)c1)C(C)(C)C=NCCO.CCc1c(OC)cccc1C(=O)NN(C(=O)c1cc(C)cc(C)c1)C(C)(C)C=O.NCCO. The van der Waals surface area contributed by atoms with E-state index in [4.69, 9.17) is 25.4 Å². The molecule has 6 N–H and O–H groups in total. The molecule has 4 aromatic rings. The van der Waals surface area contributed by atoms with Gasteiger partial charge in [0.1, 0.15) is 23.3 Å². The van der Waals surface area contributed by atoms with Gasteiger partial charge in [0, 0.05) is 46.1 Å². The number of nitrogens with zero attached hydrogens (tertiary/aromatic N) is 3. The molecule has 0 heterocycles. The standard InChI is InChI=1S/C25H33N3O4.C23H28N2O4.C2H7NO/c1-7-20-21(9-8-10-22(20)32-6)23(30)27-28(25(4,5)16-26-11-12-29)24(31)19-14-17(2)13-18(3)15-19;1-7-18-19(9-8-10-20(18)29-6)21(27)24-25(23(4,5)14-26)22(28)17-12-15(2)11-16(3)13-17;3-1-2-4/h8-10,13-16,29H,7,11-12H2,1-6H3,(H,27,30);8-14H,7H2,1-6H3,(H,24,27);4H,1-3H2. The van der Waals surface area contributed by atoms with Crippen LogP contribution in [0, 0.1) is 27.7 Å². The molecule has 0 saturated heterocycles. The molecule has 0 unspecified atom stereocenters. The minimum atomic E-state index is -1.24. The Morgan fingerprint density at radius 2 is 1.03 bits per heavy atom. The van der Waals surface area contributed by atoms with E-state index < -0.39 is 28.8 Å². The molecule has 4 amide bonds. The normalized spacial score (nSPS) is 11.0. The molecular formula is C50H68N6O9. The van der Waals surface area contributed by atoms with E-state index >= 15 is 0 Å². The van der Waals surface area contributed by atoms with Crippen molar-refractivity contribution >= 4 is 36.1 Å². The summed E-state index contributed by atoms with van der Waals surface area (Å²) in [5.41, 5.74) is 15.0. The number of aliphatic hydroxyl groups excluding tert-OH is 2. The van der Waals surface area contributed by atoms with Crippen LogP contribution in [0.2, 0.25) is 0 Å². The summed E-state index contributed by atoms with van der Waals surface area (Å²) in [5.74, 6) is -0.483. The van der Waals surface area contributed by atoms with Crippen molar-refractivity contribution in [3.8, 4) is 11.5 Å². The molecule has 0 aromatic heterocycles. The third-order valence-electron chi connectivity index (χ3n) is 9.88. The van der Waals surface area contributed by atoms with Crippen molar-refractivity contribution in [3.63, 3.8) is 0 Å². The van der Waals surface area contributed by atoms with Crippen LogP contribution in [0.4, 0.5) is 0 Å². The van der Waals surface area contributed by atoms with Crippen molar-refractivity contribution < 1.29 is 43.7 Å². The average molecular weight is 897 g/mol. The Kier molecular flexibility index (Phi) is 21.7. The lowest BCUT2D eigenvalue weighted by Gasteiger charge is -2.36. The molecule has 0 aliphatic carbocycles. The predicted octanol–water partition coefficient (Wildman–Crippen LogP) is 6.08. The average Bonchev–Trinajstić information content (AvgIpc) is 3.28. The molecule has 0 spiro atoms. The first-order chi connectivity index (χ1) is 30.7. The molecule has 65 heavy (non-hydrogen) atoms. The van der Waals surface area contributed by atoms with Gasteiger partial charge in [0.2, 0.25) is 0 Å². The van der Waals surface area contributed by atoms with Crippen LogP contribution in [0.15, 0.2) is 77.8 Å². The van der Waals surface area contributed by atoms with Gasteiger partial charge in [-0.25, -0.2) is 10.0 Å². The fourth-order valence-electron chi connectivity index (χ4n) is 6.82. The number of rotatable bonds is 15. The van der Waals surface area contributed by atoms with Gasteiger partial charge in [0.15, 0.2) is 0 Å². The number of nitrogens with one attached hydrogen (secondary N) is 2. The second kappa shape index (κ2) is 25.8. The van der Waals surface area contributed by atoms with Crippen LogP contribution in [0.25, 0.3) is 0 Å². The van der Waals surface area contributed by atoms with Crippen molar-refractivity contribution in [2.75, 3.05) is 40.5 Å². The van der Waals surface area contributed by atoms with Crippen LogP contribution in [0.1, 0.15) is 116 Å². The van der Waals surface area contributed by atoms with Gasteiger partial charge in [-0.3, -0.25) is 35.0 Å². The number of amides is 4. The number of aryl methyl sites for hydroxylation is 4. The van der Waals surface area contributed by atoms with E-state index in [2.05, 4.69) is 15.8 Å². The van der Waals surface area contributed by atoms with Gasteiger partial charge in [0.05, 0.1) is 39.5 Å². The number of carbonyl (C=O) groups excluding carboxylic acids is 5. The summed E-state index contributed by atoms with van der Waals surface area (Å²) in [6.07, 6.45) is 3.38. The van der Waals surface area contributed by atoms with Gasteiger partial charge in [-0.05, 0) is 117 Å². The van der Waals surface area contributed by atoms with Crippen molar-refractivity contribution in [1.82, 2.24) is 20.9 Å². The molecule has 352 valence electrons. The Hall–Kier alpha value is -6.42. The van der Waals surface area contributed by atoms with Crippen molar-refractivity contribution in [2.45, 2.75) is 93.2 Å². The van der Waals surface area contributed by atoms with Crippen molar-refractivity contribution in [2.24, 2.45) is 10.7 Å². The number of carbonyl (C=O) groups is 5. The zero-order valence-electron chi connectivity index (χ0n) is 40.0. The first-order valence-corrected chi connectivity index (χ1v) is 21.4. The molecule has 0 radical (unpaired) electrons. The zero-order valence-corrected chi connectivity index (χ0v) is 40.0. The maximum atomic E-state index is 13.5. The van der Waals surface area contributed by atoms with E-state index in [0.717, 1.165) is 38.4 Å². The van der Waals surface area contributed by atoms with Crippen molar-refractivity contribution in [1.29, 1.82) is 0 Å². The number of ether oxygens (including phenoxy) is 2. The molecule has 0 bridgehead atoms. The van der Waals surface area contributed by atoms with Gasteiger partial charge in [-0.2, -0.15) is 0 Å². The number of hydrazine groups is 2. The van der Waals surface area contributed by atoms with Gasteiger partial charge in [0.25, 0.3) is 23.6 Å². The molecule has 0 saturated carbocycles. The fourth-order valence-corrected chi connectivity index (χ4v) is 6.82. The van der Waals surface area contributed by atoms with Crippen LogP contribution in [-0.2, 0) is 17.6 Å². The Morgan fingerprint density at radius 1 is 0.662 bits per heavy atom. The second-order valence-corrected chi connectivity index (χ2v) is 16.3. The maximum absolute atomic E-state index is 13.5. The van der Waals surface area contributed by atoms with E-state index in [9.17, 15) is 24.0 Å². The Bertz CT molecular complexity index is 2250. The number of hydrogen-bond donors (Lipinski definition) is 5. The molecule has 4 aromatic carbocycles. The van der Waals surface area contributed by atoms with Crippen molar-refractivity contribution in [3.05, 3.63) is 128 Å². The number of methoxy groups -OCH3 is 2. The minimum Gasteiger partial charge on any atom is -0.496 e.